The summed E-state index contributed by atoms with van der Waals surface area (Å²) in [6, 6.07) is 4.57. The van der Waals surface area contributed by atoms with E-state index in [0.29, 0.717) is 23.4 Å². The molecule has 0 saturated carbocycles. The first-order valence-corrected chi connectivity index (χ1v) is 5.90. The molecule has 0 aliphatic rings. The molecule has 0 spiro atoms. The first-order chi connectivity index (χ1) is 8.61. The minimum Gasteiger partial charge on any atom is -0.385 e. The van der Waals surface area contributed by atoms with Crippen molar-refractivity contribution in [3.05, 3.63) is 35.4 Å². The number of aryl methyl sites for hydroxylation is 1. The molecular formula is C13H15FN2O2. The van der Waals surface area contributed by atoms with Gasteiger partial charge in [0, 0.05) is 5.56 Å². The van der Waals surface area contributed by atoms with E-state index in [9.17, 15) is 9.50 Å². The number of aliphatic hydroxyl groups excluding tert-OH is 1. The van der Waals surface area contributed by atoms with Crippen LogP contribution in [0, 0.1) is 12.7 Å². The van der Waals surface area contributed by atoms with Gasteiger partial charge in [0.1, 0.15) is 11.9 Å². The van der Waals surface area contributed by atoms with Crippen LogP contribution in [-0.4, -0.2) is 15.2 Å². The standard InChI is InChI=1S/C13H15FN2O2/c1-3-4-11(17)12-15-13(18-16-12)9-5-6-10(14)8(2)7-9/h5-7,11,17H,3-4H2,1-2H3. The summed E-state index contributed by atoms with van der Waals surface area (Å²) in [6.45, 7) is 3.63. The Kier molecular flexibility index (Phi) is 3.72. The van der Waals surface area contributed by atoms with Crippen LogP contribution in [0.5, 0.6) is 0 Å². The number of rotatable bonds is 4. The fourth-order valence-corrected chi connectivity index (χ4v) is 1.67. The number of hydrogen-bond donors (Lipinski definition) is 1. The largest absolute Gasteiger partial charge is 0.385 e. The van der Waals surface area contributed by atoms with Crippen molar-refractivity contribution in [3.63, 3.8) is 0 Å². The Labute approximate surface area is 104 Å². The SMILES string of the molecule is CCCC(O)c1noc(-c2ccc(F)c(C)c2)n1. The van der Waals surface area contributed by atoms with Gasteiger partial charge in [0.15, 0.2) is 0 Å². The second-order valence-corrected chi connectivity index (χ2v) is 4.23. The third kappa shape index (κ3) is 2.56. The lowest BCUT2D eigenvalue weighted by atomic mass is 10.1. The number of benzene rings is 1. The number of aliphatic hydroxyl groups is 1. The molecule has 1 N–H and O–H groups in total. The molecular weight excluding hydrogens is 235 g/mol. The van der Waals surface area contributed by atoms with E-state index in [0.717, 1.165) is 6.42 Å². The van der Waals surface area contributed by atoms with Crippen LogP contribution in [0.2, 0.25) is 0 Å². The zero-order valence-corrected chi connectivity index (χ0v) is 10.4. The Hall–Kier alpha value is -1.75. The van der Waals surface area contributed by atoms with Crippen LogP contribution in [0.1, 0.15) is 37.3 Å². The second kappa shape index (κ2) is 5.27. The summed E-state index contributed by atoms with van der Waals surface area (Å²) in [4.78, 5) is 4.12. The molecule has 1 unspecified atom stereocenters. The Morgan fingerprint density at radius 1 is 1.44 bits per heavy atom. The Morgan fingerprint density at radius 2 is 2.22 bits per heavy atom. The zero-order valence-electron chi connectivity index (χ0n) is 10.4. The lowest BCUT2D eigenvalue weighted by molar-refractivity contribution is 0.153. The maximum absolute atomic E-state index is 13.1. The molecule has 0 fully saturated rings. The van der Waals surface area contributed by atoms with Gasteiger partial charge in [0.2, 0.25) is 5.82 Å². The first kappa shape index (κ1) is 12.7. The van der Waals surface area contributed by atoms with Crippen LogP contribution in [0.25, 0.3) is 11.5 Å². The third-order valence-electron chi connectivity index (χ3n) is 2.71. The molecule has 5 heteroatoms. The minimum absolute atomic E-state index is 0.272. The highest BCUT2D eigenvalue weighted by atomic mass is 19.1. The van der Waals surface area contributed by atoms with Crippen LogP contribution in [-0.2, 0) is 0 Å². The molecule has 2 aromatic rings. The van der Waals surface area contributed by atoms with Crippen LogP contribution in [0.4, 0.5) is 4.39 Å². The fourth-order valence-electron chi connectivity index (χ4n) is 1.67. The van der Waals surface area contributed by atoms with Gasteiger partial charge in [0.05, 0.1) is 0 Å². The Morgan fingerprint density at radius 3 is 2.89 bits per heavy atom. The van der Waals surface area contributed by atoms with Crippen molar-refractivity contribution >= 4 is 0 Å². The van der Waals surface area contributed by atoms with E-state index in [2.05, 4.69) is 10.1 Å². The lowest BCUT2D eigenvalue weighted by Gasteiger charge is -2.01. The van der Waals surface area contributed by atoms with Gasteiger partial charge >= 0.3 is 0 Å². The first-order valence-electron chi connectivity index (χ1n) is 5.90. The molecule has 18 heavy (non-hydrogen) atoms. The summed E-state index contributed by atoms with van der Waals surface area (Å²) in [5.74, 6) is 0.293. The van der Waals surface area contributed by atoms with E-state index in [4.69, 9.17) is 4.52 Å². The van der Waals surface area contributed by atoms with E-state index in [1.54, 1.807) is 19.1 Å². The van der Waals surface area contributed by atoms with Gasteiger partial charge in [0.25, 0.3) is 5.89 Å². The monoisotopic (exact) mass is 250 g/mol. The van der Waals surface area contributed by atoms with Crippen molar-refractivity contribution in [2.75, 3.05) is 0 Å². The highest BCUT2D eigenvalue weighted by Crippen LogP contribution is 2.23. The van der Waals surface area contributed by atoms with Crippen molar-refractivity contribution in [2.45, 2.75) is 32.8 Å². The molecule has 0 bridgehead atoms. The van der Waals surface area contributed by atoms with Gasteiger partial charge in [-0.2, -0.15) is 4.98 Å². The summed E-state index contributed by atoms with van der Waals surface area (Å²) in [6.07, 6.45) is 0.705. The van der Waals surface area contributed by atoms with E-state index < -0.39 is 6.10 Å². The molecule has 1 aromatic carbocycles. The van der Waals surface area contributed by atoms with Gasteiger partial charge in [-0.3, -0.25) is 0 Å². The molecule has 0 radical (unpaired) electrons. The zero-order chi connectivity index (χ0) is 13.1. The van der Waals surface area contributed by atoms with E-state index in [1.807, 2.05) is 6.92 Å². The van der Waals surface area contributed by atoms with Crippen LogP contribution in [0.3, 0.4) is 0 Å². The van der Waals surface area contributed by atoms with Crippen molar-refractivity contribution in [1.82, 2.24) is 10.1 Å². The van der Waals surface area contributed by atoms with Gasteiger partial charge < -0.3 is 9.63 Å². The van der Waals surface area contributed by atoms with Crippen molar-refractivity contribution in [1.29, 1.82) is 0 Å². The average molecular weight is 250 g/mol. The van der Waals surface area contributed by atoms with Crippen molar-refractivity contribution in [2.24, 2.45) is 0 Å². The molecule has 0 saturated heterocycles. The Bertz CT molecular complexity index is 540. The lowest BCUT2D eigenvalue weighted by Crippen LogP contribution is -1.98. The number of hydrogen-bond acceptors (Lipinski definition) is 4. The Balaban J connectivity index is 2.26. The summed E-state index contributed by atoms with van der Waals surface area (Å²) in [7, 11) is 0. The van der Waals surface area contributed by atoms with E-state index in [-0.39, 0.29) is 11.6 Å². The minimum atomic E-state index is -0.714. The van der Waals surface area contributed by atoms with E-state index >= 15 is 0 Å². The highest BCUT2D eigenvalue weighted by Gasteiger charge is 2.16. The number of halogens is 1. The normalized spacial score (nSPS) is 12.7. The summed E-state index contributed by atoms with van der Waals surface area (Å²) >= 11 is 0. The smallest absolute Gasteiger partial charge is 0.258 e. The maximum atomic E-state index is 13.1. The fraction of sp³-hybridized carbons (Fsp3) is 0.385. The number of aromatic nitrogens is 2. The van der Waals surface area contributed by atoms with Gasteiger partial charge in [-0.1, -0.05) is 18.5 Å². The van der Waals surface area contributed by atoms with Gasteiger partial charge in [-0.05, 0) is 37.1 Å². The van der Waals surface area contributed by atoms with Crippen LogP contribution < -0.4 is 0 Å². The van der Waals surface area contributed by atoms with Gasteiger partial charge in [-0.15, -0.1) is 0 Å². The van der Waals surface area contributed by atoms with Crippen LogP contribution >= 0.6 is 0 Å². The molecule has 2 rings (SSSR count). The average Bonchev–Trinajstić information content (AvgIpc) is 2.82. The third-order valence-corrected chi connectivity index (χ3v) is 2.71. The van der Waals surface area contributed by atoms with Crippen molar-refractivity contribution < 1.29 is 14.0 Å². The molecule has 96 valence electrons. The number of nitrogens with zero attached hydrogens (tertiary/aromatic N) is 2. The quantitative estimate of drug-likeness (QED) is 0.906. The molecule has 1 atom stereocenters. The molecule has 0 amide bonds. The second-order valence-electron chi connectivity index (χ2n) is 4.23. The van der Waals surface area contributed by atoms with Crippen LogP contribution in [0.15, 0.2) is 22.7 Å². The molecule has 4 nitrogen and oxygen atoms in total. The topological polar surface area (TPSA) is 59.2 Å². The maximum Gasteiger partial charge on any atom is 0.258 e. The predicted molar refractivity (Wildman–Crippen MR) is 64.3 cm³/mol. The predicted octanol–water partition coefficient (Wildman–Crippen LogP) is 3.02. The van der Waals surface area contributed by atoms with E-state index in [1.165, 1.54) is 6.07 Å². The molecule has 1 heterocycles. The highest BCUT2D eigenvalue weighted by molar-refractivity contribution is 5.54. The van der Waals surface area contributed by atoms with Crippen molar-refractivity contribution in [3.8, 4) is 11.5 Å². The summed E-state index contributed by atoms with van der Waals surface area (Å²) < 4.78 is 18.2. The summed E-state index contributed by atoms with van der Waals surface area (Å²) in [5, 5.41) is 13.5. The molecule has 1 aromatic heterocycles. The summed E-state index contributed by atoms with van der Waals surface area (Å²) in [5.41, 5.74) is 1.16. The molecule has 0 aliphatic heterocycles. The van der Waals surface area contributed by atoms with Gasteiger partial charge in [-0.25, -0.2) is 4.39 Å². The molecule has 0 aliphatic carbocycles.